The maximum Gasteiger partial charge on any atom is 0.306 e. The van der Waals surface area contributed by atoms with E-state index in [0.29, 0.717) is 42.9 Å². The van der Waals surface area contributed by atoms with Gasteiger partial charge < -0.3 is 9.64 Å². The summed E-state index contributed by atoms with van der Waals surface area (Å²) >= 11 is 1.46. The van der Waals surface area contributed by atoms with Gasteiger partial charge in [0.15, 0.2) is 0 Å². The zero-order valence-corrected chi connectivity index (χ0v) is 15.5. The Bertz CT molecular complexity index is 915. The fraction of sp³-hybridized carbons (Fsp3) is 0.444. The van der Waals surface area contributed by atoms with Crippen molar-refractivity contribution in [3.63, 3.8) is 0 Å². The molecule has 1 amide bonds. The first-order valence-electron chi connectivity index (χ1n) is 8.59. The normalized spacial score (nSPS) is 13.5. The number of amides is 1. The fourth-order valence-electron chi connectivity index (χ4n) is 3.10. The van der Waals surface area contributed by atoms with Gasteiger partial charge in [0.2, 0.25) is 5.91 Å². The lowest BCUT2D eigenvalue weighted by atomic mass is 10.0. The third kappa shape index (κ3) is 3.55. The van der Waals surface area contributed by atoms with E-state index in [2.05, 4.69) is 11.6 Å². The number of fused-ring (bicyclic) bond motifs is 3. The second-order valence-corrected chi connectivity index (χ2v) is 7.13. The molecule has 0 N–H and O–H groups in total. The van der Waals surface area contributed by atoms with E-state index in [1.807, 2.05) is 0 Å². The van der Waals surface area contributed by atoms with Gasteiger partial charge in [0.05, 0.1) is 31.3 Å². The van der Waals surface area contributed by atoms with Crippen LogP contribution in [0.2, 0.25) is 0 Å². The second-order valence-electron chi connectivity index (χ2n) is 6.05. The fourth-order valence-corrected chi connectivity index (χ4v) is 4.29. The molecule has 2 aromatic heterocycles. The predicted molar refractivity (Wildman–Crippen MR) is 99.1 cm³/mol. The molecule has 2 aromatic rings. The highest BCUT2D eigenvalue weighted by atomic mass is 32.1. The molecule has 0 atom stereocenters. The van der Waals surface area contributed by atoms with Crippen LogP contribution in [-0.2, 0) is 33.8 Å². The molecule has 138 valence electrons. The summed E-state index contributed by atoms with van der Waals surface area (Å²) < 4.78 is 6.40. The molecule has 0 radical (unpaired) electrons. The van der Waals surface area contributed by atoms with Gasteiger partial charge in [-0.2, -0.15) is 0 Å². The Morgan fingerprint density at radius 2 is 2.23 bits per heavy atom. The van der Waals surface area contributed by atoms with Gasteiger partial charge in [-0.1, -0.05) is 6.08 Å². The summed E-state index contributed by atoms with van der Waals surface area (Å²) in [4.78, 5) is 44.3. The Morgan fingerprint density at radius 1 is 1.42 bits per heavy atom. The zero-order valence-electron chi connectivity index (χ0n) is 14.7. The SMILES string of the molecule is C=CCn1cnc2sc3c(c2c1=O)CCN(C(=O)CCC(=O)OCC)C3. The first-order chi connectivity index (χ1) is 12.5. The van der Waals surface area contributed by atoms with Crippen molar-refractivity contribution < 1.29 is 14.3 Å². The highest BCUT2D eigenvalue weighted by molar-refractivity contribution is 7.18. The number of ether oxygens (including phenoxy) is 1. The molecule has 0 aliphatic carbocycles. The number of esters is 1. The monoisotopic (exact) mass is 375 g/mol. The molecule has 0 saturated carbocycles. The van der Waals surface area contributed by atoms with Crippen LogP contribution in [0.4, 0.5) is 0 Å². The van der Waals surface area contributed by atoms with Crippen LogP contribution < -0.4 is 5.56 Å². The number of aromatic nitrogens is 2. The zero-order chi connectivity index (χ0) is 18.7. The van der Waals surface area contributed by atoms with Crippen molar-refractivity contribution >= 4 is 33.4 Å². The largest absolute Gasteiger partial charge is 0.466 e. The van der Waals surface area contributed by atoms with E-state index in [9.17, 15) is 14.4 Å². The molecular weight excluding hydrogens is 354 g/mol. The average Bonchev–Trinajstić information content (AvgIpc) is 3.00. The lowest BCUT2D eigenvalue weighted by molar-refractivity contribution is -0.145. The molecule has 0 unspecified atom stereocenters. The van der Waals surface area contributed by atoms with Crippen molar-refractivity contribution in [3.8, 4) is 0 Å². The number of carbonyl (C=O) groups is 2. The van der Waals surface area contributed by atoms with Crippen LogP contribution in [0.15, 0.2) is 23.8 Å². The van der Waals surface area contributed by atoms with Gasteiger partial charge in [-0.25, -0.2) is 4.98 Å². The Balaban J connectivity index is 1.78. The second kappa shape index (κ2) is 7.82. The molecule has 26 heavy (non-hydrogen) atoms. The molecular formula is C18H21N3O4S. The minimum absolute atomic E-state index is 0.0607. The van der Waals surface area contributed by atoms with Crippen LogP contribution in [0.25, 0.3) is 10.2 Å². The van der Waals surface area contributed by atoms with Crippen molar-refractivity contribution in [2.75, 3.05) is 13.2 Å². The smallest absolute Gasteiger partial charge is 0.306 e. The Morgan fingerprint density at radius 3 is 2.96 bits per heavy atom. The van der Waals surface area contributed by atoms with Crippen molar-refractivity contribution in [1.82, 2.24) is 14.5 Å². The van der Waals surface area contributed by atoms with E-state index >= 15 is 0 Å². The summed E-state index contributed by atoms with van der Waals surface area (Å²) in [6.45, 7) is 7.14. The van der Waals surface area contributed by atoms with Crippen molar-refractivity contribution in [3.05, 3.63) is 39.8 Å². The van der Waals surface area contributed by atoms with Crippen LogP contribution >= 0.6 is 11.3 Å². The van der Waals surface area contributed by atoms with Crippen LogP contribution in [0.1, 0.15) is 30.2 Å². The summed E-state index contributed by atoms with van der Waals surface area (Å²) in [5.74, 6) is -0.425. The quantitative estimate of drug-likeness (QED) is 0.569. The van der Waals surface area contributed by atoms with Gasteiger partial charge in [-0.05, 0) is 18.9 Å². The molecule has 8 heteroatoms. The summed E-state index contributed by atoms with van der Waals surface area (Å²) in [6.07, 6.45) is 4.06. The number of nitrogens with zero attached hydrogens (tertiary/aromatic N) is 3. The number of allylic oxidation sites excluding steroid dienone is 1. The van der Waals surface area contributed by atoms with Gasteiger partial charge in [-0.3, -0.25) is 19.0 Å². The molecule has 1 aliphatic heterocycles. The van der Waals surface area contributed by atoms with E-state index in [1.165, 1.54) is 17.7 Å². The topological polar surface area (TPSA) is 81.5 Å². The van der Waals surface area contributed by atoms with Crippen molar-refractivity contribution in [2.24, 2.45) is 0 Å². The van der Waals surface area contributed by atoms with E-state index in [4.69, 9.17) is 4.74 Å². The summed E-state index contributed by atoms with van der Waals surface area (Å²) in [5.41, 5.74) is 0.935. The summed E-state index contributed by atoms with van der Waals surface area (Å²) in [6, 6.07) is 0. The van der Waals surface area contributed by atoms with E-state index in [-0.39, 0.29) is 30.3 Å². The predicted octanol–water partition coefficient (Wildman–Crippen LogP) is 1.87. The standard InChI is InChI=1S/C18H21N3O4S/c1-3-8-21-11-19-17-16(18(21)24)12-7-9-20(10-13(12)26-17)14(22)5-6-15(23)25-4-2/h3,11H,1,4-10H2,2H3. The van der Waals surface area contributed by atoms with Gasteiger partial charge in [0.25, 0.3) is 5.56 Å². The molecule has 0 aromatic carbocycles. The van der Waals surface area contributed by atoms with Crippen LogP contribution in [0.3, 0.4) is 0 Å². The van der Waals surface area contributed by atoms with E-state index in [0.717, 1.165) is 10.4 Å². The van der Waals surface area contributed by atoms with Crippen LogP contribution in [0.5, 0.6) is 0 Å². The highest BCUT2D eigenvalue weighted by Crippen LogP contribution is 2.32. The van der Waals surface area contributed by atoms with Gasteiger partial charge in [0, 0.05) is 24.4 Å². The first-order valence-corrected chi connectivity index (χ1v) is 9.40. The third-order valence-corrected chi connectivity index (χ3v) is 5.48. The van der Waals surface area contributed by atoms with Crippen LogP contribution in [-0.4, -0.2) is 39.5 Å². The lowest BCUT2D eigenvalue weighted by Gasteiger charge is -2.27. The molecule has 0 spiro atoms. The third-order valence-electron chi connectivity index (χ3n) is 4.35. The molecule has 3 rings (SSSR count). The van der Waals surface area contributed by atoms with Crippen molar-refractivity contribution in [1.29, 1.82) is 0 Å². The van der Waals surface area contributed by atoms with E-state index in [1.54, 1.807) is 22.5 Å². The number of carbonyl (C=O) groups excluding carboxylic acids is 2. The molecule has 0 fully saturated rings. The minimum atomic E-state index is -0.354. The molecule has 1 aliphatic rings. The Labute approximate surface area is 154 Å². The average molecular weight is 375 g/mol. The highest BCUT2D eigenvalue weighted by Gasteiger charge is 2.26. The molecule has 3 heterocycles. The Kier molecular flexibility index (Phi) is 5.51. The van der Waals surface area contributed by atoms with Gasteiger partial charge in [0.1, 0.15) is 4.83 Å². The molecule has 7 nitrogen and oxygen atoms in total. The number of thiophene rings is 1. The molecule has 0 saturated heterocycles. The Hall–Kier alpha value is -2.48. The number of hydrogen-bond acceptors (Lipinski definition) is 6. The van der Waals surface area contributed by atoms with Crippen molar-refractivity contribution in [2.45, 2.75) is 39.3 Å². The molecule has 0 bridgehead atoms. The maximum absolute atomic E-state index is 12.7. The van der Waals surface area contributed by atoms with Gasteiger partial charge >= 0.3 is 5.97 Å². The minimum Gasteiger partial charge on any atom is -0.466 e. The van der Waals surface area contributed by atoms with E-state index < -0.39 is 0 Å². The first kappa shape index (κ1) is 18.3. The number of rotatable bonds is 6. The number of hydrogen-bond donors (Lipinski definition) is 0. The van der Waals surface area contributed by atoms with Gasteiger partial charge in [-0.15, -0.1) is 17.9 Å². The maximum atomic E-state index is 12.7. The summed E-state index contributed by atoms with van der Waals surface area (Å²) in [7, 11) is 0. The summed E-state index contributed by atoms with van der Waals surface area (Å²) in [5, 5.41) is 0.660. The van der Waals surface area contributed by atoms with Crippen LogP contribution in [0, 0.1) is 0 Å². The lowest BCUT2D eigenvalue weighted by Crippen LogP contribution is -2.35.